The Labute approximate surface area is 247 Å². The van der Waals surface area contributed by atoms with Crippen LogP contribution in [-0.4, -0.2) is 36.0 Å². The Morgan fingerprint density at radius 2 is 1.63 bits per heavy atom. The van der Waals surface area contributed by atoms with Gasteiger partial charge >= 0.3 is 0 Å². The van der Waals surface area contributed by atoms with Crippen molar-refractivity contribution in [2.24, 2.45) is 0 Å². The Kier molecular flexibility index (Phi) is 9.78. The van der Waals surface area contributed by atoms with E-state index in [4.69, 9.17) is 4.74 Å². The molecule has 4 rings (SSSR count). The Morgan fingerprint density at radius 1 is 0.951 bits per heavy atom. The van der Waals surface area contributed by atoms with E-state index in [1.165, 1.54) is 22.3 Å². The number of hydrogen-bond acceptors (Lipinski definition) is 4. The Hall–Kier alpha value is -4.18. The number of allylic oxidation sites excluding steroid dienone is 1. The van der Waals surface area contributed by atoms with Crippen molar-refractivity contribution in [3.8, 4) is 0 Å². The van der Waals surface area contributed by atoms with Crippen molar-refractivity contribution < 1.29 is 4.74 Å². The molecule has 1 N–H and O–H groups in total. The van der Waals surface area contributed by atoms with Gasteiger partial charge in [-0.05, 0) is 62.8 Å². The maximum absolute atomic E-state index is 6.12. The summed E-state index contributed by atoms with van der Waals surface area (Å²) in [5, 5.41) is 3.50. The van der Waals surface area contributed by atoms with E-state index in [-0.39, 0.29) is 12.1 Å². The minimum Gasteiger partial charge on any atom is -0.491 e. The molecule has 214 valence electrons. The summed E-state index contributed by atoms with van der Waals surface area (Å²) in [5.41, 5.74) is 9.34. The van der Waals surface area contributed by atoms with Crippen LogP contribution in [0, 0.1) is 6.92 Å². The van der Waals surface area contributed by atoms with Crippen LogP contribution < -0.4 is 5.32 Å². The second-order valence-electron chi connectivity index (χ2n) is 11.3. The number of hydrogen-bond donors (Lipinski definition) is 1. The lowest BCUT2D eigenvalue weighted by atomic mass is 9.91. The van der Waals surface area contributed by atoms with Gasteiger partial charge in [0.25, 0.3) is 0 Å². The van der Waals surface area contributed by atoms with Gasteiger partial charge < -0.3 is 19.9 Å². The molecule has 0 fully saturated rings. The lowest BCUT2D eigenvalue weighted by Crippen LogP contribution is -2.42. The van der Waals surface area contributed by atoms with Crippen molar-refractivity contribution in [3.05, 3.63) is 149 Å². The largest absolute Gasteiger partial charge is 0.491 e. The smallest absolute Gasteiger partial charge is 0.119 e. The third-order valence-electron chi connectivity index (χ3n) is 7.60. The highest BCUT2D eigenvalue weighted by molar-refractivity contribution is 5.62. The van der Waals surface area contributed by atoms with Gasteiger partial charge in [0.1, 0.15) is 5.76 Å². The highest BCUT2D eigenvalue weighted by Gasteiger charge is 2.33. The quantitative estimate of drug-likeness (QED) is 0.231. The van der Waals surface area contributed by atoms with Crippen molar-refractivity contribution in [2.75, 3.05) is 20.1 Å². The molecule has 4 nitrogen and oxygen atoms in total. The third-order valence-corrected chi connectivity index (χ3v) is 7.60. The standard InChI is InChI=1S/C37H45N3O/c1-26(2)41-30(6)36-28(4)38-31(7)40(37(36)35-17-12-14-27(3)24-35)23-13-22-39(8)29(5)34-20-18-33(19-21-34)25-32-15-10-9-11-16-32/h9-12,14-21,24,26,37-38H,5-7,13,22-23,25H2,1-4,8H3. The van der Waals surface area contributed by atoms with Crippen molar-refractivity contribution in [2.45, 2.75) is 52.7 Å². The van der Waals surface area contributed by atoms with Crippen LogP contribution in [0.4, 0.5) is 0 Å². The predicted octanol–water partition coefficient (Wildman–Crippen LogP) is 8.21. The summed E-state index contributed by atoms with van der Waals surface area (Å²) < 4.78 is 6.12. The molecule has 0 bridgehead atoms. The van der Waals surface area contributed by atoms with Gasteiger partial charge in [0.15, 0.2) is 0 Å². The third kappa shape index (κ3) is 7.52. The molecule has 41 heavy (non-hydrogen) atoms. The van der Waals surface area contributed by atoms with Crippen LogP contribution in [0.25, 0.3) is 5.70 Å². The maximum Gasteiger partial charge on any atom is 0.119 e. The zero-order valence-corrected chi connectivity index (χ0v) is 25.4. The van der Waals surface area contributed by atoms with Crippen molar-refractivity contribution in [1.82, 2.24) is 15.1 Å². The fraction of sp³-hybridized carbons (Fsp3) is 0.297. The molecule has 0 aliphatic carbocycles. The normalized spacial score (nSPS) is 15.1. The van der Waals surface area contributed by atoms with Crippen LogP contribution in [0.3, 0.4) is 0 Å². The fourth-order valence-electron chi connectivity index (χ4n) is 5.51. The van der Waals surface area contributed by atoms with E-state index in [2.05, 4.69) is 135 Å². The molecule has 1 atom stereocenters. The summed E-state index contributed by atoms with van der Waals surface area (Å²) in [6.07, 6.45) is 1.92. The Morgan fingerprint density at radius 3 is 2.29 bits per heavy atom. The van der Waals surface area contributed by atoms with E-state index in [0.29, 0.717) is 5.76 Å². The molecule has 3 aromatic rings. The van der Waals surface area contributed by atoms with Crippen LogP contribution in [0.15, 0.2) is 121 Å². The van der Waals surface area contributed by atoms with Gasteiger partial charge in [-0.1, -0.05) is 104 Å². The molecule has 3 aromatic carbocycles. The minimum atomic E-state index is -0.0273. The number of benzene rings is 3. The van der Waals surface area contributed by atoms with Crippen LogP contribution in [-0.2, 0) is 11.2 Å². The van der Waals surface area contributed by atoms with Crippen molar-refractivity contribution in [3.63, 3.8) is 0 Å². The molecule has 4 heteroatoms. The first-order chi connectivity index (χ1) is 19.6. The first-order valence-electron chi connectivity index (χ1n) is 14.5. The minimum absolute atomic E-state index is 0.0273. The Balaban J connectivity index is 1.45. The van der Waals surface area contributed by atoms with Gasteiger partial charge in [0, 0.05) is 37.1 Å². The molecule has 0 spiro atoms. The van der Waals surface area contributed by atoms with Crippen LogP contribution in [0.2, 0.25) is 0 Å². The molecule has 1 aliphatic heterocycles. The van der Waals surface area contributed by atoms with Crippen molar-refractivity contribution in [1.29, 1.82) is 0 Å². The van der Waals surface area contributed by atoms with Gasteiger partial charge in [0.2, 0.25) is 0 Å². The number of aryl methyl sites for hydroxylation is 1. The van der Waals surface area contributed by atoms with Gasteiger partial charge in [-0.25, -0.2) is 0 Å². The number of nitrogens with one attached hydrogen (secondary N) is 1. The number of nitrogens with zero attached hydrogens (tertiary/aromatic N) is 2. The highest BCUT2D eigenvalue weighted by atomic mass is 16.5. The number of rotatable bonds is 12. The monoisotopic (exact) mass is 547 g/mol. The molecule has 1 unspecified atom stereocenters. The summed E-state index contributed by atoms with van der Waals surface area (Å²) in [5.74, 6) is 1.60. The molecule has 0 aromatic heterocycles. The first kappa shape index (κ1) is 29.8. The molecule has 0 radical (unpaired) electrons. The second-order valence-corrected chi connectivity index (χ2v) is 11.3. The van der Waals surface area contributed by atoms with Gasteiger partial charge in [-0.2, -0.15) is 0 Å². The van der Waals surface area contributed by atoms with Crippen LogP contribution in [0.1, 0.15) is 61.1 Å². The van der Waals surface area contributed by atoms with Gasteiger partial charge in [-0.3, -0.25) is 0 Å². The molecular formula is C37H45N3O. The zero-order valence-electron chi connectivity index (χ0n) is 25.4. The van der Waals surface area contributed by atoms with E-state index in [0.717, 1.165) is 54.3 Å². The van der Waals surface area contributed by atoms with Gasteiger partial charge in [-0.15, -0.1) is 0 Å². The first-order valence-corrected chi connectivity index (χ1v) is 14.5. The van der Waals surface area contributed by atoms with E-state index >= 15 is 0 Å². The van der Waals surface area contributed by atoms with E-state index in [9.17, 15) is 0 Å². The summed E-state index contributed by atoms with van der Waals surface area (Å²) in [4.78, 5) is 4.60. The van der Waals surface area contributed by atoms with E-state index < -0.39 is 0 Å². The zero-order chi connectivity index (χ0) is 29.5. The Bertz CT molecular complexity index is 1400. The molecule has 0 saturated heterocycles. The molecule has 0 saturated carbocycles. The molecule has 1 heterocycles. The summed E-state index contributed by atoms with van der Waals surface area (Å²) in [7, 11) is 2.12. The molecule has 0 amide bonds. The number of ether oxygens (including phenoxy) is 1. The van der Waals surface area contributed by atoms with Crippen LogP contribution in [0.5, 0.6) is 0 Å². The van der Waals surface area contributed by atoms with E-state index in [1.807, 2.05) is 13.8 Å². The van der Waals surface area contributed by atoms with Crippen LogP contribution >= 0.6 is 0 Å². The van der Waals surface area contributed by atoms with Gasteiger partial charge in [0.05, 0.1) is 18.0 Å². The average Bonchev–Trinajstić information content (AvgIpc) is 2.94. The lowest BCUT2D eigenvalue weighted by molar-refractivity contribution is 0.142. The SMILES string of the molecule is C=C(OC(C)C)C1=C(C)NC(=C)N(CCCN(C)C(=C)c2ccc(Cc3ccccc3)cc2)C1c1cccc(C)c1. The predicted molar refractivity (Wildman–Crippen MR) is 173 cm³/mol. The lowest BCUT2D eigenvalue weighted by Gasteiger charge is -2.42. The van der Waals surface area contributed by atoms with E-state index in [1.54, 1.807) is 0 Å². The molecule has 1 aliphatic rings. The summed E-state index contributed by atoms with van der Waals surface area (Å²) in [6, 6.07) is 28.0. The average molecular weight is 548 g/mol. The second kappa shape index (κ2) is 13.5. The topological polar surface area (TPSA) is 27.7 Å². The highest BCUT2D eigenvalue weighted by Crippen LogP contribution is 2.40. The van der Waals surface area contributed by atoms with Crippen molar-refractivity contribution >= 4 is 5.70 Å². The maximum atomic E-state index is 6.12. The fourth-order valence-corrected chi connectivity index (χ4v) is 5.51. The summed E-state index contributed by atoms with van der Waals surface area (Å²) in [6.45, 7) is 23.1. The molecular weight excluding hydrogens is 502 g/mol. The summed E-state index contributed by atoms with van der Waals surface area (Å²) >= 11 is 0.